The molecular weight excluding hydrogens is 440 g/mol. The van der Waals surface area contributed by atoms with Crippen molar-refractivity contribution in [1.82, 2.24) is 4.90 Å². The van der Waals surface area contributed by atoms with Crippen molar-refractivity contribution in [3.63, 3.8) is 0 Å². The van der Waals surface area contributed by atoms with Crippen LogP contribution in [0.5, 0.6) is 5.75 Å². The van der Waals surface area contributed by atoms with Gasteiger partial charge in [0, 0.05) is 28.8 Å². The Morgan fingerprint density at radius 3 is 2.73 bits per heavy atom. The van der Waals surface area contributed by atoms with E-state index in [1.165, 1.54) is 12.7 Å². The Bertz CT molecular complexity index is 950. The van der Waals surface area contributed by atoms with Gasteiger partial charge >= 0.3 is 0 Å². The number of methoxy groups -OCH3 is 1. The number of thioether (sulfide) groups is 2. The molecule has 8 heteroatoms. The zero-order valence-electron chi connectivity index (χ0n) is 16.6. The molecule has 1 atom stereocenters. The Balaban J connectivity index is 1.50. The summed E-state index contributed by atoms with van der Waals surface area (Å²) in [5.41, 5.74) is 2.36. The van der Waals surface area contributed by atoms with Crippen LogP contribution in [0, 0.1) is 0 Å². The number of anilines is 1. The van der Waals surface area contributed by atoms with E-state index >= 15 is 0 Å². The van der Waals surface area contributed by atoms with Crippen LogP contribution in [0.2, 0.25) is 5.02 Å². The van der Waals surface area contributed by atoms with Crippen molar-refractivity contribution < 1.29 is 14.3 Å². The molecule has 2 saturated heterocycles. The van der Waals surface area contributed by atoms with Crippen LogP contribution in [-0.4, -0.2) is 47.9 Å². The fourth-order valence-electron chi connectivity index (χ4n) is 3.82. The molecule has 2 aromatic rings. The molecule has 2 amide bonds. The van der Waals surface area contributed by atoms with Gasteiger partial charge in [0.05, 0.1) is 17.3 Å². The number of hydrogen-bond donors (Lipinski definition) is 1. The lowest BCUT2D eigenvalue weighted by molar-refractivity contribution is -0.119. The second-order valence-electron chi connectivity index (χ2n) is 7.19. The van der Waals surface area contributed by atoms with Gasteiger partial charge in [0.2, 0.25) is 5.91 Å². The topological polar surface area (TPSA) is 58.6 Å². The van der Waals surface area contributed by atoms with Crippen molar-refractivity contribution in [3.05, 3.63) is 58.6 Å². The molecule has 0 saturated carbocycles. The molecule has 0 spiro atoms. The Morgan fingerprint density at radius 1 is 1.17 bits per heavy atom. The van der Waals surface area contributed by atoms with Crippen LogP contribution in [-0.2, 0) is 4.79 Å². The lowest BCUT2D eigenvalue weighted by Gasteiger charge is -2.25. The van der Waals surface area contributed by atoms with E-state index in [2.05, 4.69) is 11.4 Å². The zero-order chi connectivity index (χ0) is 21.1. The molecule has 2 aliphatic rings. The third kappa shape index (κ3) is 4.58. The largest absolute Gasteiger partial charge is 0.496 e. The molecular formula is C22H23ClN2O3S2. The normalized spacial score (nSPS) is 19.1. The number of likely N-dealkylation sites (tertiary alicyclic amines) is 1. The molecule has 0 aromatic heterocycles. The first-order chi connectivity index (χ1) is 14.6. The van der Waals surface area contributed by atoms with E-state index in [1.54, 1.807) is 23.1 Å². The van der Waals surface area contributed by atoms with Gasteiger partial charge in [-0.1, -0.05) is 23.7 Å². The first kappa shape index (κ1) is 21.4. The molecule has 4 rings (SSSR count). The van der Waals surface area contributed by atoms with E-state index in [0.717, 1.165) is 23.6 Å². The van der Waals surface area contributed by atoms with Crippen LogP contribution < -0.4 is 10.1 Å². The number of carbonyl (C=O) groups is 2. The second-order valence-corrected chi connectivity index (χ2v) is 10.4. The van der Waals surface area contributed by atoms with Gasteiger partial charge in [0.1, 0.15) is 11.8 Å². The molecule has 2 aliphatic heterocycles. The summed E-state index contributed by atoms with van der Waals surface area (Å²) >= 11 is 9.95. The smallest absolute Gasteiger partial charge is 0.258 e. The van der Waals surface area contributed by atoms with Gasteiger partial charge in [-0.2, -0.15) is 0 Å². The van der Waals surface area contributed by atoms with Crippen LogP contribution in [0.3, 0.4) is 0 Å². The first-order valence-corrected chi connectivity index (χ1v) is 12.3. The van der Waals surface area contributed by atoms with Crippen LogP contribution in [0.4, 0.5) is 5.69 Å². The zero-order valence-corrected chi connectivity index (χ0v) is 19.0. The van der Waals surface area contributed by atoms with Gasteiger partial charge in [-0.25, -0.2) is 0 Å². The van der Waals surface area contributed by atoms with Gasteiger partial charge < -0.3 is 15.0 Å². The molecule has 5 nitrogen and oxygen atoms in total. The summed E-state index contributed by atoms with van der Waals surface area (Å²) in [7, 11) is 1.52. The quantitative estimate of drug-likeness (QED) is 0.672. The lowest BCUT2D eigenvalue weighted by Crippen LogP contribution is -2.43. The third-order valence-corrected chi connectivity index (χ3v) is 8.60. The predicted octanol–water partition coefficient (Wildman–Crippen LogP) is 5.07. The number of nitrogens with zero attached hydrogens (tertiary/aromatic N) is 1. The van der Waals surface area contributed by atoms with Gasteiger partial charge in [-0.3, -0.25) is 9.59 Å². The van der Waals surface area contributed by atoms with Crippen LogP contribution in [0.25, 0.3) is 0 Å². The van der Waals surface area contributed by atoms with Crippen molar-refractivity contribution >= 4 is 52.6 Å². The van der Waals surface area contributed by atoms with E-state index in [0.29, 0.717) is 33.9 Å². The number of carbonyl (C=O) groups excluding carboxylic acids is 2. The highest BCUT2D eigenvalue weighted by Gasteiger charge is 2.35. The molecule has 2 fully saturated rings. The molecule has 0 bridgehead atoms. The standard InChI is InChI=1S/C22H23ClN2O3S2/c1-28-19-8-7-15(23)13-17(19)21(27)25-9-3-6-18(25)20(26)24-16-5-2-4-14(12-16)22-29-10-11-30-22/h2,4-5,7-8,12-13,18,22H,3,6,9-11H2,1H3,(H,24,26). The molecule has 2 heterocycles. The van der Waals surface area contributed by atoms with Crippen molar-refractivity contribution in [3.8, 4) is 5.75 Å². The molecule has 0 radical (unpaired) electrons. The van der Waals surface area contributed by atoms with Crippen molar-refractivity contribution in [2.75, 3.05) is 30.5 Å². The lowest BCUT2D eigenvalue weighted by atomic mass is 10.1. The van der Waals surface area contributed by atoms with Gasteiger partial charge in [-0.05, 0) is 48.7 Å². The summed E-state index contributed by atoms with van der Waals surface area (Å²) in [6, 6.07) is 12.4. The SMILES string of the molecule is COc1ccc(Cl)cc1C(=O)N1CCCC1C(=O)Nc1cccc(C2SCCS2)c1. The Kier molecular flexibility index (Phi) is 6.80. The van der Waals surface area contributed by atoms with Gasteiger partial charge in [-0.15, -0.1) is 23.5 Å². The number of rotatable bonds is 5. The minimum absolute atomic E-state index is 0.161. The fraction of sp³-hybridized carbons (Fsp3) is 0.364. The highest BCUT2D eigenvalue weighted by molar-refractivity contribution is 8.19. The maximum absolute atomic E-state index is 13.2. The maximum Gasteiger partial charge on any atom is 0.258 e. The highest BCUT2D eigenvalue weighted by atomic mass is 35.5. The van der Waals surface area contributed by atoms with Gasteiger partial charge in [0.25, 0.3) is 5.91 Å². The summed E-state index contributed by atoms with van der Waals surface area (Å²) in [6.45, 7) is 0.530. The molecule has 158 valence electrons. The summed E-state index contributed by atoms with van der Waals surface area (Å²) in [4.78, 5) is 27.8. The van der Waals surface area contributed by atoms with E-state index < -0.39 is 6.04 Å². The van der Waals surface area contributed by atoms with E-state index in [1.807, 2.05) is 41.7 Å². The maximum atomic E-state index is 13.2. The minimum Gasteiger partial charge on any atom is -0.496 e. The summed E-state index contributed by atoms with van der Waals surface area (Å²) in [5, 5.41) is 3.47. The second kappa shape index (κ2) is 9.54. The van der Waals surface area contributed by atoms with Crippen molar-refractivity contribution in [2.45, 2.75) is 23.5 Å². The fourth-order valence-corrected chi connectivity index (χ4v) is 6.83. The average Bonchev–Trinajstić information content (AvgIpc) is 3.45. The molecule has 1 unspecified atom stereocenters. The monoisotopic (exact) mass is 462 g/mol. The van der Waals surface area contributed by atoms with E-state index in [9.17, 15) is 9.59 Å². The number of ether oxygens (including phenoxy) is 1. The summed E-state index contributed by atoms with van der Waals surface area (Å²) in [6.07, 6.45) is 1.41. The number of amides is 2. The molecule has 1 N–H and O–H groups in total. The Morgan fingerprint density at radius 2 is 1.97 bits per heavy atom. The molecule has 2 aromatic carbocycles. The predicted molar refractivity (Wildman–Crippen MR) is 125 cm³/mol. The summed E-state index contributed by atoms with van der Waals surface area (Å²) in [5.74, 6) is 2.36. The average molecular weight is 463 g/mol. The van der Waals surface area contributed by atoms with Crippen LogP contribution in [0.15, 0.2) is 42.5 Å². The highest BCUT2D eigenvalue weighted by Crippen LogP contribution is 2.45. The third-order valence-electron chi connectivity index (χ3n) is 5.26. The van der Waals surface area contributed by atoms with Crippen molar-refractivity contribution in [2.24, 2.45) is 0 Å². The number of halogens is 1. The van der Waals surface area contributed by atoms with Gasteiger partial charge in [0.15, 0.2) is 0 Å². The van der Waals surface area contributed by atoms with Crippen molar-refractivity contribution in [1.29, 1.82) is 0 Å². The number of hydrogen-bond acceptors (Lipinski definition) is 5. The van der Waals surface area contributed by atoms with Crippen LogP contribution >= 0.6 is 35.1 Å². The molecule has 30 heavy (non-hydrogen) atoms. The number of nitrogens with one attached hydrogen (secondary N) is 1. The van der Waals surface area contributed by atoms with E-state index in [-0.39, 0.29) is 11.8 Å². The minimum atomic E-state index is -0.514. The van der Waals surface area contributed by atoms with E-state index in [4.69, 9.17) is 16.3 Å². The first-order valence-electron chi connectivity index (χ1n) is 9.85. The Hall–Kier alpha value is -1.83. The molecule has 0 aliphatic carbocycles. The Labute approximate surface area is 189 Å². The number of benzene rings is 2. The van der Waals surface area contributed by atoms with Crippen LogP contribution in [0.1, 0.15) is 33.3 Å². The summed E-state index contributed by atoms with van der Waals surface area (Å²) < 4.78 is 5.74.